The van der Waals surface area contributed by atoms with Crippen molar-refractivity contribution in [2.45, 2.75) is 13.0 Å². The predicted molar refractivity (Wildman–Crippen MR) is 79.9 cm³/mol. The topological polar surface area (TPSA) is 58.4 Å². The summed E-state index contributed by atoms with van der Waals surface area (Å²) in [7, 11) is 3.38. The van der Waals surface area contributed by atoms with Crippen LogP contribution >= 0.6 is 15.9 Å². The number of amides is 1. The molecule has 1 N–H and O–H groups in total. The molecule has 2 aromatic rings. The SMILES string of the molecule is C[C@H](O)c1ccc(-n2ccc(C(=O)N(C)C)n2)cc1Br. The first-order valence-corrected chi connectivity index (χ1v) is 6.94. The fourth-order valence-electron chi connectivity index (χ4n) is 1.81. The summed E-state index contributed by atoms with van der Waals surface area (Å²) >= 11 is 3.43. The van der Waals surface area contributed by atoms with E-state index < -0.39 is 6.10 Å². The third-order valence-corrected chi connectivity index (χ3v) is 3.60. The summed E-state index contributed by atoms with van der Waals surface area (Å²) in [5.41, 5.74) is 2.02. The van der Waals surface area contributed by atoms with Gasteiger partial charge in [0.15, 0.2) is 5.69 Å². The van der Waals surface area contributed by atoms with Crippen molar-refractivity contribution in [1.82, 2.24) is 14.7 Å². The maximum Gasteiger partial charge on any atom is 0.273 e. The largest absolute Gasteiger partial charge is 0.389 e. The molecule has 1 aromatic heterocycles. The molecule has 1 aromatic carbocycles. The Labute approximate surface area is 126 Å². The van der Waals surface area contributed by atoms with Crippen molar-refractivity contribution in [1.29, 1.82) is 0 Å². The van der Waals surface area contributed by atoms with Gasteiger partial charge in [-0.15, -0.1) is 0 Å². The molecule has 20 heavy (non-hydrogen) atoms. The van der Waals surface area contributed by atoms with Crippen molar-refractivity contribution in [3.05, 3.63) is 46.2 Å². The number of carbonyl (C=O) groups excluding carboxylic acids is 1. The maximum absolute atomic E-state index is 11.8. The molecular formula is C14H16BrN3O2. The van der Waals surface area contributed by atoms with Crippen LogP contribution in [0.5, 0.6) is 0 Å². The average molecular weight is 338 g/mol. The zero-order valence-electron chi connectivity index (χ0n) is 11.5. The van der Waals surface area contributed by atoms with Gasteiger partial charge in [-0.1, -0.05) is 22.0 Å². The number of benzene rings is 1. The lowest BCUT2D eigenvalue weighted by Gasteiger charge is -2.10. The fraction of sp³-hybridized carbons (Fsp3) is 0.286. The van der Waals surface area contributed by atoms with Gasteiger partial charge in [0.05, 0.1) is 11.8 Å². The van der Waals surface area contributed by atoms with E-state index in [1.54, 1.807) is 38.0 Å². The fourth-order valence-corrected chi connectivity index (χ4v) is 2.51. The molecule has 0 saturated carbocycles. The van der Waals surface area contributed by atoms with E-state index in [9.17, 15) is 9.90 Å². The molecule has 0 fully saturated rings. The zero-order chi connectivity index (χ0) is 14.9. The Kier molecular flexibility index (Phi) is 4.25. The van der Waals surface area contributed by atoms with Crippen molar-refractivity contribution < 1.29 is 9.90 Å². The van der Waals surface area contributed by atoms with Crippen LogP contribution in [0, 0.1) is 0 Å². The minimum Gasteiger partial charge on any atom is -0.389 e. The Balaban J connectivity index is 2.33. The summed E-state index contributed by atoms with van der Waals surface area (Å²) in [6.07, 6.45) is 1.20. The van der Waals surface area contributed by atoms with Crippen LogP contribution in [0.1, 0.15) is 29.1 Å². The van der Waals surface area contributed by atoms with Gasteiger partial charge >= 0.3 is 0 Å². The van der Waals surface area contributed by atoms with Crippen LogP contribution in [0.15, 0.2) is 34.9 Å². The summed E-state index contributed by atoms with van der Waals surface area (Å²) in [5.74, 6) is -0.136. The molecule has 0 saturated heterocycles. The molecule has 106 valence electrons. The molecule has 1 atom stereocenters. The van der Waals surface area contributed by atoms with Crippen molar-refractivity contribution in [2.75, 3.05) is 14.1 Å². The van der Waals surface area contributed by atoms with E-state index in [0.29, 0.717) is 5.69 Å². The van der Waals surface area contributed by atoms with Gasteiger partial charge in [-0.05, 0) is 30.7 Å². The average Bonchev–Trinajstić information content (AvgIpc) is 2.86. The molecule has 0 spiro atoms. The Morgan fingerprint density at radius 2 is 2.10 bits per heavy atom. The molecule has 0 aliphatic carbocycles. The standard InChI is InChI=1S/C14H16BrN3O2/c1-9(19)11-5-4-10(8-12(11)15)18-7-6-13(16-18)14(20)17(2)3/h4-9,19H,1-3H3/t9-/m0/s1. The summed E-state index contributed by atoms with van der Waals surface area (Å²) in [6, 6.07) is 7.22. The Morgan fingerprint density at radius 3 is 2.65 bits per heavy atom. The first-order chi connectivity index (χ1) is 9.40. The van der Waals surface area contributed by atoms with Gasteiger partial charge < -0.3 is 10.0 Å². The first-order valence-electron chi connectivity index (χ1n) is 6.15. The summed E-state index contributed by atoms with van der Waals surface area (Å²) in [5, 5.41) is 13.9. The lowest BCUT2D eigenvalue weighted by Crippen LogP contribution is -2.22. The molecule has 0 bridgehead atoms. The number of aliphatic hydroxyl groups is 1. The Hall–Kier alpha value is -1.66. The van der Waals surface area contributed by atoms with Gasteiger partial charge in [-0.25, -0.2) is 4.68 Å². The zero-order valence-corrected chi connectivity index (χ0v) is 13.1. The highest BCUT2D eigenvalue weighted by molar-refractivity contribution is 9.10. The van der Waals surface area contributed by atoms with E-state index in [1.807, 2.05) is 18.2 Å². The second-order valence-electron chi connectivity index (χ2n) is 4.73. The quantitative estimate of drug-likeness (QED) is 0.935. The van der Waals surface area contributed by atoms with Crippen LogP contribution in [-0.4, -0.2) is 39.8 Å². The van der Waals surface area contributed by atoms with E-state index in [1.165, 1.54) is 4.90 Å². The van der Waals surface area contributed by atoms with E-state index in [0.717, 1.165) is 15.7 Å². The first kappa shape index (κ1) is 14.7. The van der Waals surface area contributed by atoms with Gasteiger partial charge in [0.1, 0.15) is 0 Å². The molecular weight excluding hydrogens is 322 g/mol. The molecule has 1 amide bonds. The second-order valence-corrected chi connectivity index (χ2v) is 5.58. The number of carbonyl (C=O) groups is 1. The molecule has 0 radical (unpaired) electrons. The summed E-state index contributed by atoms with van der Waals surface area (Å²) in [6.45, 7) is 1.71. The number of rotatable bonds is 3. The van der Waals surface area contributed by atoms with Crippen LogP contribution in [0.4, 0.5) is 0 Å². The highest BCUT2D eigenvalue weighted by atomic mass is 79.9. The van der Waals surface area contributed by atoms with E-state index >= 15 is 0 Å². The number of halogens is 1. The van der Waals surface area contributed by atoms with E-state index in [2.05, 4.69) is 21.0 Å². The highest BCUT2D eigenvalue weighted by Gasteiger charge is 2.13. The van der Waals surface area contributed by atoms with Gasteiger partial charge in [0.2, 0.25) is 0 Å². The molecule has 0 unspecified atom stereocenters. The van der Waals surface area contributed by atoms with Gasteiger partial charge in [-0.2, -0.15) is 5.10 Å². The van der Waals surface area contributed by atoms with Crippen molar-refractivity contribution in [2.24, 2.45) is 0 Å². The molecule has 6 heteroatoms. The van der Waals surface area contributed by atoms with Crippen LogP contribution in [-0.2, 0) is 0 Å². The van der Waals surface area contributed by atoms with Gasteiger partial charge in [-0.3, -0.25) is 4.79 Å². The number of hydrogen-bond donors (Lipinski definition) is 1. The number of aromatic nitrogens is 2. The lowest BCUT2D eigenvalue weighted by molar-refractivity contribution is 0.0821. The Morgan fingerprint density at radius 1 is 1.40 bits per heavy atom. The summed E-state index contributed by atoms with van der Waals surface area (Å²) in [4.78, 5) is 13.3. The molecule has 0 aliphatic rings. The normalized spacial score (nSPS) is 12.2. The lowest BCUT2D eigenvalue weighted by atomic mass is 10.1. The minimum atomic E-state index is -0.540. The van der Waals surface area contributed by atoms with Crippen molar-refractivity contribution >= 4 is 21.8 Å². The van der Waals surface area contributed by atoms with Crippen LogP contribution in [0.3, 0.4) is 0 Å². The number of aliphatic hydroxyl groups excluding tert-OH is 1. The number of hydrogen-bond acceptors (Lipinski definition) is 3. The minimum absolute atomic E-state index is 0.136. The number of nitrogens with zero attached hydrogens (tertiary/aromatic N) is 3. The van der Waals surface area contributed by atoms with Gasteiger partial charge in [0, 0.05) is 24.8 Å². The second kappa shape index (κ2) is 5.76. The van der Waals surface area contributed by atoms with Crippen LogP contribution in [0.2, 0.25) is 0 Å². The van der Waals surface area contributed by atoms with E-state index in [-0.39, 0.29) is 5.91 Å². The molecule has 0 aliphatic heterocycles. The highest BCUT2D eigenvalue weighted by Crippen LogP contribution is 2.25. The smallest absolute Gasteiger partial charge is 0.273 e. The van der Waals surface area contributed by atoms with Crippen molar-refractivity contribution in [3.63, 3.8) is 0 Å². The third-order valence-electron chi connectivity index (χ3n) is 2.91. The van der Waals surface area contributed by atoms with Crippen molar-refractivity contribution in [3.8, 4) is 5.69 Å². The van der Waals surface area contributed by atoms with Crippen LogP contribution < -0.4 is 0 Å². The molecule has 1 heterocycles. The molecule has 2 rings (SSSR count). The third kappa shape index (κ3) is 2.91. The van der Waals surface area contributed by atoms with Crippen LogP contribution in [0.25, 0.3) is 5.69 Å². The molecule has 5 nitrogen and oxygen atoms in total. The monoisotopic (exact) mass is 337 g/mol. The van der Waals surface area contributed by atoms with E-state index in [4.69, 9.17) is 0 Å². The van der Waals surface area contributed by atoms with Gasteiger partial charge in [0.25, 0.3) is 5.91 Å². The summed E-state index contributed by atoms with van der Waals surface area (Å²) < 4.78 is 2.44. The Bertz CT molecular complexity index is 635. The predicted octanol–water partition coefficient (Wildman–Crippen LogP) is 2.39. The maximum atomic E-state index is 11.8.